The maximum atomic E-state index is 12.6. The number of halogens is 1. The lowest BCUT2D eigenvalue weighted by Gasteiger charge is -2.36. The first-order chi connectivity index (χ1) is 40.6. The molecule has 2 saturated heterocycles. The van der Waals surface area contributed by atoms with Crippen LogP contribution in [0.5, 0.6) is 34.5 Å². The number of aryl methyl sites for hydroxylation is 2. The van der Waals surface area contributed by atoms with Crippen molar-refractivity contribution < 1.29 is 28.8 Å². The van der Waals surface area contributed by atoms with Crippen molar-refractivity contribution in [3.63, 3.8) is 0 Å². The summed E-state index contributed by atoms with van der Waals surface area (Å²) in [7, 11) is 2.07. The fourth-order valence-electron chi connectivity index (χ4n) is 9.60. The van der Waals surface area contributed by atoms with Gasteiger partial charge in [-0.15, -0.1) is 0 Å². The third-order valence-electron chi connectivity index (χ3n) is 14.3. The van der Waals surface area contributed by atoms with Crippen molar-refractivity contribution in [2.24, 2.45) is 9.98 Å². The second kappa shape index (κ2) is 26.0. The van der Waals surface area contributed by atoms with Crippen molar-refractivity contribution in [3.05, 3.63) is 164 Å². The summed E-state index contributed by atoms with van der Waals surface area (Å²) >= 11 is 6.24. The first-order valence-electron chi connectivity index (χ1n) is 26.9. The highest BCUT2D eigenvalue weighted by molar-refractivity contribution is 6.69. The summed E-state index contributed by atoms with van der Waals surface area (Å²) in [4.78, 5) is 55.2. The summed E-state index contributed by atoms with van der Waals surface area (Å²) in [5.74, 6) is 9.20. The number of hydrogen-bond donors (Lipinski definition) is 4. The molecular formula is C57H61ClN18O8. The van der Waals surface area contributed by atoms with E-state index >= 15 is 0 Å². The van der Waals surface area contributed by atoms with Crippen molar-refractivity contribution >= 4 is 73.8 Å². The molecule has 2 aliphatic rings. The highest BCUT2D eigenvalue weighted by Crippen LogP contribution is 2.38. The van der Waals surface area contributed by atoms with Crippen LogP contribution in [0.25, 0.3) is 16.6 Å². The number of pyridine rings is 2. The van der Waals surface area contributed by atoms with E-state index < -0.39 is 15.0 Å². The van der Waals surface area contributed by atoms with Gasteiger partial charge in [0, 0.05) is 156 Å². The zero-order valence-electron chi connectivity index (χ0n) is 46.3. The number of ether oxygens (including phenoxy) is 4. The van der Waals surface area contributed by atoms with Crippen LogP contribution < -0.4 is 41.3 Å². The first-order valence-corrected chi connectivity index (χ1v) is 27.2. The van der Waals surface area contributed by atoms with Gasteiger partial charge < -0.3 is 45.6 Å². The van der Waals surface area contributed by atoms with Crippen LogP contribution in [0.1, 0.15) is 23.1 Å². The van der Waals surface area contributed by atoms with Gasteiger partial charge in [0.1, 0.15) is 59.9 Å². The van der Waals surface area contributed by atoms with E-state index in [4.69, 9.17) is 57.5 Å². The number of nitro groups is 2. The molecule has 26 nitrogen and oxygen atoms in total. The van der Waals surface area contributed by atoms with E-state index in [0.29, 0.717) is 101 Å². The van der Waals surface area contributed by atoms with Crippen molar-refractivity contribution in [2.75, 3.05) is 103 Å². The fourth-order valence-corrected chi connectivity index (χ4v) is 9.75. The number of anilines is 3. The molecule has 0 saturated carbocycles. The maximum Gasteiger partial charge on any atom is 0.311 e. The largest absolute Gasteiger partial charge is 0.485 e. The Morgan fingerprint density at radius 2 is 1.42 bits per heavy atom. The maximum absolute atomic E-state index is 12.6. The molecule has 2 aliphatic heterocycles. The second-order valence-corrected chi connectivity index (χ2v) is 20.4. The summed E-state index contributed by atoms with van der Waals surface area (Å²) in [5, 5.41) is 40.5. The highest BCUT2D eigenvalue weighted by atomic mass is 35.5. The quantitative estimate of drug-likeness (QED) is 0.0164. The molecule has 10 rings (SSSR count). The number of likely N-dealkylation sites (N-methyl/N-ethyl adjacent to an activating group) is 1. The molecule has 0 bridgehead atoms. The Hall–Kier alpha value is -9.76. The number of hydrogen-bond acceptors (Lipinski definition) is 22. The minimum atomic E-state index is -0.558. The van der Waals surface area contributed by atoms with E-state index in [1.807, 2.05) is 38.1 Å². The van der Waals surface area contributed by atoms with Gasteiger partial charge in [0.2, 0.25) is 0 Å². The van der Waals surface area contributed by atoms with Crippen LogP contribution in [0.4, 0.5) is 34.3 Å². The highest BCUT2D eigenvalue weighted by Gasteiger charge is 2.25. The number of nitrogens with one attached hydrogen (secondary N) is 2. The van der Waals surface area contributed by atoms with E-state index in [1.165, 1.54) is 35.5 Å². The molecule has 0 aliphatic carbocycles. The van der Waals surface area contributed by atoms with Gasteiger partial charge >= 0.3 is 11.4 Å². The van der Waals surface area contributed by atoms with Gasteiger partial charge in [-0.25, -0.2) is 24.5 Å². The molecule has 8 aromatic rings. The predicted octanol–water partition coefficient (Wildman–Crippen LogP) is 7.95. The third kappa shape index (κ3) is 14.1. The summed E-state index contributed by atoms with van der Waals surface area (Å²) in [6.07, 6.45) is 9.83. The van der Waals surface area contributed by atoms with E-state index in [0.717, 1.165) is 43.0 Å². The molecule has 2 fully saturated rings. The molecule has 0 atom stereocenters. The summed E-state index contributed by atoms with van der Waals surface area (Å²) in [6.45, 7) is 11.0. The molecule has 0 spiro atoms. The Balaban J connectivity index is 0.828. The zero-order valence-corrected chi connectivity index (χ0v) is 47.1. The lowest BCUT2D eigenvalue weighted by atomic mass is 10.1. The first kappa shape index (κ1) is 57.5. The molecule has 4 aromatic heterocycles. The number of nitrogens with zero attached hydrogens (tertiary/aromatic N) is 14. The molecule has 6 N–H and O–H groups in total. The van der Waals surface area contributed by atoms with Crippen LogP contribution in [-0.2, 0) is 0 Å². The monoisotopic (exact) mass is 1160 g/mol. The molecule has 0 radical (unpaired) electrons. The summed E-state index contributed by atoms with van der Waals surface area (Å²) in [6, 6.07) is 23.6. The molecule has 4 aromatic carbocycles. The lowest BCUT2D eigenvalue weighted by molar-refractivity contribution is -0.386. The minimum absolute atomic E-state index is 0.0176. The number of nitrogens with two attached hydrogens (primary N) is 2. The normalized spacial score (nSPS) is 14.8. The Morgan fingerprint density at radius 3 is 2.11 bits per heavy atom. The average molecular weight is 1160 g/mol. The van der Waals surface area contributed by atoms with Crippen LogP contribution in [0.3, 0.4) is 0 Å². The average Bonchev–Trinajstić information content (AvgIpc) is 3.76. The minimum Gasteiger partial charge on any atom is -0.485 e. The molecule has 6 heterocycles. The third-order valence-corrected chi connectivity index (χ3v) is 14.5. The number of aliphatic imine (C=N–C) groups is 1. The van der Waals surface area contributed by atoms with E-state index in [-0.39, 0.29) is 53.8 Å². The van der Waals surface area contributed by atoms with E-state index in [2.05, 4.69) is 52.0 Å². The van der Waals surface area contributed by atoms with Crippen LogP contribution in [0.15, 0.2) is 132 Å². The van der Waals surface area contributed by atoms with Gasteiger partial charge in [-0.05, 0) is 80.6 Å². The summed E-state index contributed by atoms with van der Waals surface area (Å²) in [5.41, 5.74) is 10.9. The number of rotatable bonds is 22. The number of piperazine rings is 2. The fraction of sp³-hybridized carbons (Fsp3) is 0.281. The van der Waals surface area contributed by atoms with Gasteiger partial charge in [-0.2, -0.15) is 5.10 Å². The number of benzene rings is 4. The molecule has 84 heavy (non-hydrogen) atoms. The van der Waals surface area contributed by atoms with Gasteiger partial charge in [0.25, 0.3) is 0 Å². The summed E-state index contributed by atoms with van der Waals surface area (Å²) < 4.78 is 27.5. The molecular weight excluding hydrogens is 1100 g/mol. The Labute approximate surface area is 486 Å². The van der Waals surface area contributed by atoms with Crippen LogP contribution in [0.2, 0.25) is 0 Å². The number of aromatic nitrogens is 6. The van der Waals surface area contributed by atoms with Gasteiger partial charge in [-0.1, -0.05) is 11.6 Å². The zero-order chi connectivity index (χ0) is 58.9. The van der Waals surface area contributed by atoms with Crippen LogP contribution >= 0.6 is 11.6 Å². The van der Waals surface area contributed by atoms with Crippen molar-refractivity contribution in [3.8, 4) is 34.5 Å². The van der Waals surface area contributed by atoms with Crippen molar-refractivity contribution in [1.82, 2.24) is 48.8 Å². The van der Waals surface area contributed by atoms with E-state index in [9.17, 15) is 20.2 Å². The Bertz CT molecular complexity index is 3890. The standard InChI is InChI=1S/C57H61ClN18O8/c1-37-26-39(59)4-6-50(37)83-42-9-12-73(61)54(28-42)63-34-41(8-11-62-46-32-52(48(75(77)78)30-44(46)56(58)60)81-24-22-70-16-14-69(3)15-17-70)72-20-18-71(19-21-72)23-25-82-53-33-47-45(31-49(53)76(79)80)57(66-35-64-47)68-40-5-7-51(38(2)27-40)84-43-10-13-74-55(29-43)65-36-67-74/h4-7,9-13,26-36,60H,8,14-25,59,61H2,1-3H3,(H,64,66,68)/b41-34+,60-56?,62-11?,63-54?. The van der Waals surface area contributed by atoms with Crippen molar-refractivity contribution in [2.45, 2.75) is 20.3 Å². The SMILES string of the molecule is Cc1cc(N)ccc1Oc1ccn(N)c(=N/C=C(\CC=Nc2cc(OCCN3CCN(C)CC3)c([N+](=O)[O-])cc2C(=N)Cl)N2CCN(CCOc3cc4ncnc(Nc5ccc(Oc6ccn7ncnc7c6)c(C)c5)c4cc3[N+](=O)[O-])CC2)c1. The smallest absolute Gasteiger partial charge is 0.311 e. The molecule has 0 amide bonds. The number of allylic oxidation sites excluding steroid dienone is 1. The Morgan fingerprint density at radius 1 is 0.762 bits per heavy atom. The topological polar surface area (TPSA) is 310 Å². The van der Waals surface area contributed by atoms with Gasteiger partial charge in [0.15, 0.2) is 22.6 Å². The number of nitrogen functional groups attached to an aromatic ring is 2. The number of nitro benzene ring substituents is 2. The molecule has 0 unspecified atom stereocenters. The van der Waals surface area contributed by atoms with Crippen molar-refractivity contribution in [1.29, 1.82) is 5.41 Å². The number of fused-ring (bicyclic) bond motifs is 2. The van der Waals surface area contributed by atoms with Crippen LogP contribution in [-0.4, -0.2) is 156 Å². The van der Waals surface area contributed by atoms with Gasteiger partial charge in [0.05, 0.1) is 26.4 Å². The van der Waals surface area contributed by atoms with Gasteiger partial charge in [-0.3, -0.25) is 45.1 Å². The van der Waals surface area contributed by atoms with Crippen LogP contribution in [0, 0.1) is 39.5 Å². The van der Waals surface area contributed by atoms with E-state index in [1.54, 1.807) is 71.8 Å². The predicted molar refractivity (Wildman–Crippen MR) is 319 cm³/mol. The molecule has 27 heteroatoms. The lowest BCUT2D eigenvalue weighted by Crippen LogP contribution is -2.47. The molecule has 434 valence electrons. The second-order valence-electron chi connectivity index (χ2n) is 20.0. The Kier molecular flexibility index (Phi) is 17.8.